The van der Waals surface area contributed by atoms with E-state index in [4.69, 9.17) is 16.3 Å². The molecule has 2 aromatic rings. The lowest BCUT2D eigenvalue weighted by atomic mass is 9.90. The van der Waals surface area contributed by atoms with Crippen LogP contribution < -0.4 is 4.74 Å². The van der Waals surface area contributed by atoms with E-state index in [0.29, 0.717) is 5.92 Å². The molecule has 3 nitrogen and oxygen atoms in total. The summed E-state index contributed by atoms with van der Waals surface area (Å²) in [5.41, 5.74) is 2.13. The zero-order valence-electron chi connectivity index (χ0n) is 14.0. The van der Waals surface area contributed by atoms with Gasteiger partial charge in [0.05, 0.1) is 18.8 Å². The monoisotopic (exact) mass is 332 g/mol. The second-order valence-electron chi connectivity index (χ2n) is 6.63. The zero-order chi connectivity index (χ0) is 16.2. The summed E-state index contributed by atoms with van der Waals surface area (Å²) in [6.07, 6.45) is 8.72. The number of imidazole rings is 1. The highest BCUT2D eigenvalue weighted by Gasteiger charge is 2.14. The Morgan fingerprint density at radius 1 is 1.22 bits per heavy atom. The number of hydrogen-bond acceptors (Lipinski definition) is 2. The van der Waals surface area contributed by atoms with Crippen molar-refractivity contribution < 1.29 is 4.74 Å². The first-order valence-corrected chi connectivity index (χ1v) is 8.91. The minimum absolute atomic E-state index is 0.707. The third-order valence-electron chi connectivity index (χ3n) is 4.67. The molecule has 1 heterocycles. The van der Waals surface area contributed by atoms with Gasteiger partial charge in [0.1, 0.15) is 11.6 Å². The van der Waals surface area contributed by atoms with Crippen molar-refractivity contribution in [2.45, 2.75) is 52.5 Å². The topological polar surface area (TPSA) is 27.1 Å². The molecule has 1 aliphatic carbocycles. The van der Waals surface area contributed by atoms with Gasteiger partial charge in [-0.15, -0.1) is 0 Å². The molecule has 0 N–H and O–H groups in total. The van der Waals surface area contributed by atoms with E-state index >= 15 is 0 Å². The highest BCUT2D eigenvalue weighted by Crippen LogP contribution is 2.27. The van der Waals surface area contributed by atoms with Crippen molar-refractivity contribution in [3.05, 3.63) is 46.5 Å². The molecular weight excluding hydrogens is 308 g/mol. The maximum Gasteiger partial charge on any atom is 0.120 e. The minimum atomic E-state index is 0.707. The van der Waals surface area contributed by atoms with Gasteiger partial charge in [-0.1, -0.05) is 36.9 Å². The first-order chi connectivity index (χ1) is 11.1. The van der Waals surface area contributed by atoms with Crippen LogP contribution in [0.5, 0.6) is 5.75 Å². The molecule has 0 radical (unpaired) electrons. The molecule has 0 aliphatic heterocycles. The van der Waals surface area contributed by atoms with Crippen molar-refractivity contribution in [2.75, 3.05) is 6.61 Å². The summed E-state index contributed by atoms with van der Waals surface area (Å²) >= 11 is 6.45. The normalized spacial score (nSPS) is 15.8. The van der Waals surface area contributed by atoms with Crippen LogP contribution in [0, 0.1) is 19.8 Å². The van der Waals surface area contributed by atoms with Crippen molar-refractivity contribution in [3.8, 4) is 5.75 Å². The maximum absolute atomic E-state index is 6.45. The number of aryl methyl sites for hydroxylation is 2. The molecule has 23 heavy (non-hydrogen) atoms. The summed E-state index contributed by atoms with van der Waals surface area (Å²) in [5, 5.41) is 0.761. The maximum atomic E-state index is 6.45. The number of ether oxygens (including phenoxy) is 1. The number of benzene rings is 1. The van der Waals surface area contributed by atoms with Crippen molar-refractivity contribution in [1.29, 1.82) is 0 Å². The molecule has 0 amide bonds. The van der Waals surface area contributed by atoms with Gasteiger partial charge in [0.15, 0.2) is 0 Å². The SMILES string of the molecule is Cc1cn(Cc2ccc(OCC3CCCCC3)cc2Cl)c(C)n1. The Morgan fingerprint density at radius 3 is 2.65 bits per heavy atom. The van der Waals surface area contributed by atoms with E-state index in [2.05, 4.69) is 21.8 Å². The van der Waals surface area contributed by atoms with E-state index in [1.807, 2.05) is 26.0 Å². The highest BCUT2D eigenvalue weighted by atomic mass is 35.5. The third kappa shape index (κ3) is 4.29. The van der Waals surface area contributed by atoms with Gasteiger partial charge in [0.25, 0.3) is 0 Å². The van der Waals surface area contributed by atoms with Gasteiger partial charge in [0, 0.05) is 11.2 Å². The Morgan fingerprint density at radius 2 is 2.00 bits per heavy atom. The number of halogens is 1. The first kappa shape index (κ1) is 16.4. The van der Waals surface area contributed by atoms with Gasteiger partial charge < -0.3 is 9.30 Å². The van der Waals surface area contributed by atoms with Crippen LogP contribution in [0.4, 0.5) is 0 Å². The van der Waals surface area contributed by atoms with Crippen LogP contribution in [0.3, 0.4) is 0 Å². The Kier molecular flexibility index (Phi) is 5.27. The molecule has 0 saturated heterocycles. The molecular formula is C19H25ClN2O. The van der Waals surface area contributed by atoms with Gasteiger partial charge in [-0.25, -0.2) is 4.98 Å². The van der Waals surface area contributed by atoms with E-state index in [1.165, 1.54) is 32.1 Å². The summed E-state index contributed by atoms with van der Waals surface area (Å²) in [6, 6.07) is 6.04. The fraction of sp³-hybridized carbons (Fsp3) is 0.526. The fourth-order valence-corrected chi connectivity index (χ4v) is 3.56. The van der Waals surface area contributed by atoms with Crippen LogP contribution in [-0.4, -0.2) is 16.2 Å². The molecule has 0 spiro atoms. The lowest BCUT2D eigenvalue weighted by Crippen LogP contribution is -2.15. The van der Waals surface area contributed by atoms with Gasteiger partial charge >= 0.3 is 0 Å². The predicted octanol–water partition coefficient (Wildman–Crippen LogP) is 5.16. The Labute approximate surface area is 143 Å². The van der Waals surface area contributed by atoms with Gasteiger partial charge in [-0.3, -0.25) is 0 Å². The largest absolute Gasteiger partial charge is 0.493 e. The van der Waals surface area contributed by atoms with Crippen LogP contribution in [0.25, 0.3) is 0 Å². The molecule has 1 aromatic heterocycles. The van der Waals surface area contributed by atoms with E-state index in [9.17, 15) is 0 Å². The van der Waals surface area contributed by atoms with Crippen molar-refractivity contribution in [3.63, 3.8) is 0 Å². The second kappa shape index (κ2) is 7.39. The van der Waals surface area contributed by atoms with E-state index < -0.39 is 0 Å². The number of nitrogens with zero attached hydrogens (tertiary/aromatic N) is 2. The Balaban J connectivity index is 1.62. The summed E-state index contributed by atoms with van der Waals surface area (Å²) in [7, 11) is 0. The minimum Gasteiger partial charge on any atom is -0.493 e. The molecule has 0 atom stereocenters. The third-order valence-corrected chi connectivity index (χ3v) is 5.02. The lowest BCUT2D eigenvalue weighted by molar-refractivity contribution is 0.209. The average molecular weight is 333 g/mol. The van der Waals surface area contributed by atoms with Crippen LogP contribution >= 0.6 is 11.6 Å². The molecule has 124 valence electrons. The summed E-state index contributed by atoms with van der Waals surface area (Å²) in [5.74, 6) is 2.60. The van der Waals surface area contributed by atoms with Crippen LogP contribution in [0.2, 0.25) is 5.02 Å². The van der Waals surface area contributed by atoms with Gasteiger partial charge in [-0.2, -0.15) is 0 Å². The average Bonchev–Trinajstić information content (AvgIpc) is 2.86. The van der Waals surface area contributed by atoms with E-state index in [0.717, 1.165) is 41.0 Å². The van der Waals surface area contributed by atoms with Crippen molar-refractivity contribution in [1.82, 2.24) is 9.55 Å². The molecule has 1 aliphatic rings. The van der Waals surface area contributed by atoms with E-state index in [1.54, 1.807) is 0 Å². The highest BCUT2D eigenvalue weighted by molar-refractivity contribution is 6.31. The number of hydrogen-bond donors (Lipinski definition) is 0. The Bertz CT molecular complexity index is 659. The smallest absolute Gasteiger partial charge is 0.120 e. The molecule has 0 unspecified atom stereocenters. The fourth-order valence-electron chi connectivity index (χ4n) is 3.32. The molecule has 0 bridgehead atoms. The lowest BCUT2D eigenvalue weighted by Gasteiger charge is -2.21. The van der Waals surface area contributed by atoms with Gasteiger partial charge in [-0.05, 0) is 50.3 Å². The molecule has 1 saturated carbocycles. The quantitative estimate of drug-likeness (QED) is 0.756. The van der Waals surface area contributed by atoms with Crippen LogP contribution in [-0.2, 0) is 6.54 Å². The second-order valence-corrected chi connectivity index (χ2v) is 7.03. The van der Waals surface area contributed by atoms with Gasteiger partial charge in [0.2, 0.25) is 0 Å². The molecule has 4 heteroatoms. The number of rotatable bonds is 5. The number of aromatic nitrogens is 2. The van der Waals surface area contributed by atoms with Crippen LogP contribution in [0.15, 0.2) is 24.4 Å². The molecule has 1 fully saturated rings. The van der Waals surface area contributed by atoms with Crippen LogP contribution in [0.1, 0.15) is 49.2 Å². The Hall–Kier alpha value is -1.48. The van der Waals surface area contributed by atoms with E-state index in [-0.39, 0.29) is 0 Å². The molecule has 3 rings (SSSR count). The molecule has 1 aromatic carbocycles. The summed E-state index contributed by atoms with van der Waals surface area (Å²) in [4.78, 5) is 4.43. The summed E-state index contributed by atoms with van der Waals surface area (Å²) in [6.45, 7) is 5.58. The standard InChI is InChI=1S/C19H25ClN2O/c1-14-11-22(15(2)21-14)12-17-8-9-18(10-19(17)20)23-13-16-6-4-3-5-7-16/h8-11,16H,3-7,12-13H2,1-2H3. The summed E-state index contributed by atoms with van der Waals surface area (Å²) < 4.78 is 8.08. The van der Waals surface area contributed by atoms with Crippen molar-refractivity contribution >= 4 is 11.6 Å². The first-order valence-electron chi connectivity index (χ1n) is 8.53. The zero-order valence-corrected chi connectivity index (χ0v) is 14.8. The van der Waals surface area contributed by atoms with Crippen molar-refractivity contribution in [2.24, 2.45) is 5.92 Å². The predicted molar refractivity (Wildman–Crippen MR) is 94.3 cm³/mol.